The lowest BCUT2D eigenvalue weighted by Gasteiger charge is -2.13. The van der Waals surface area contributed by atoms with E-state index in [2.05, 4.69) is 12.2 Å². The number of aromatic nitrogens is 2. The minimum absolute atomic E-state index is 0.146. The van der Waals surface area contributed by atoms with E-state index in [1.807, 2.05) is 26.0 Å². The van der Waals surface area contributed by atoms with Gasteiger partial charge in [0.2, 0.25) is 0 Å². The first kappa shape index (κ1) is 21.5. The number of unbranched alkanes of at least 4 members (excludes halogenated alkanes) is 2. The van der Waals surface area contributed by atoms with Gasteiger partial charge < -0.3 is 5.32 Å². The van der Waals surface area contributed by atoms with E-state index in [9.17, 15) is 9.59 Å². The third kappa shape index (κ3) is 4.53. The van der Waals surface area contributed by atoms with E-state index in [4.69, 9.17) is 17.2 Å². The van der Waals surface area contributed by atoms with Crippen LogP contribution in [0.4, 0.5) is 5.82 Å². The van der Waals surface area contributed by atoms with Crippen molar-refractivity contribution in [3.05, 3.63) is 44.7 Å². The number of carbonyl (C=O) groups is 1. The van der Waals surface area contributed by atoms with Crippen molar-refractivity contribution in [2.24, 2.45) is 0 Å². The molecule has 154 valence electrons. The molecule has 0 bridgehead atoms. The summed E-state index contributed by atoms with van der Waals surface area (Å²) in [5.74, 6) is 0.369. The first-order valence-electron chi connectivity index (χ1n) is 9.99. The van der Waals surface area contributed by atoms with Crippen molar-refractivity contribution in [3.63, 3.8) is 0 Å². The van der Waals surface area contributed by atoms with Crippen molar-refractivity contribution >= 4 is 51.7 Å². The van der Waals surface area contributed by atoms with E-state index in [-0.39, 0.29) is 11.5 Å². The van der Waals surface area contributed by atoms with Crippen LogP contribution >= 0.6 is 24.0 Å². The van der Waals surface area contributed by atoms with Gasteiger partial charge in [-0.2, -0.15) is 0 Å². The van der Waals surface area contributed by atoms with E-state index >= 15 is 0 Å². The Morgan fingerprint density at radius 1 is 1.24 bits per heavy atom. The van der Waals surface area contributed by atoms with Gasteiger partial charge in [-0.15, -0.1) is 0 Å². The van der Waals surface area contributed by atoms with Crippen molar-refractivity contribution in [3.8, 4) is 0 Å². The number of pyridine rings is 1. The van der Waals surface area contributed by atoms with Crippen LogP contribution in [0.3, 0.4) is 0 Å². The predicted octanol–water partition coefficient (Wildman–Crippen LogP) is 4.22. The Morgan fingerprint density at radius 2 is 2.03 bits per heavy atom. The van der Waals surface area contributed by atoms with E-state index in [1.54, 1.807) is 17.2 Å². The van der Waals surface area contributed by atoms with E-state index < -0.39 is 0 Å². The molecule has 3 rings (SSSR count). The molecule has 0 radical (unpaired) electrons. The Balaban J connectivity index is 2.07. The summed E-state index contributed by atoms with van der Waals surface area (Å²) in [5.41, 5.74) is 1.73. The van der Waals surface area contributed by atoms with Crippen LogP contribution in [0, 0.1) is 6.92 Å². The molecule has 1 fully saturated rings. The molecule has 0 aliphatic carbocycles. The molecule has 0 saturated carbocycles. The maximum atomic E-state index is 13.2. The predicted molar refractivity (Wildman–Crippen MR) is 124 cm³/mol. The number of nitrogens with zero attached hydrogens (tertiary/aromatic N) is 3. The quantitative estimate of drug-likeness (QED) is 0.384. The molecule has 1 N–H and O–H groups in total. The molecule has 29 heavy (non-hydrogen) atoms. The largest absolute Gasteiger partial charge is 0.369 e. The highest BCUT2D eigenvalue weighted by Crippen LogP contribution is 2.33. The minimum atomic E-state index is -0.197. The molecule has 1 amide bonds. The van der Waals surface area contributed by atoms with Crippen LogP contribution in [-0.2, 0) is 4.79 Å². The number of nitrogens with one attached hydrogen (secondary N) is 1. The Morgan fingerprint density at radius 3 is 2.76 bits per heavy atom. The van der Waals surface area contributed by atoms with Gasteiger partial charge in [-0.3, -0.25) is 18.9 Å². The first-order chi connectivity index (χ1) is 14.0. The molecule has 2 aromatic rings. The second kappa shape index (κ2) is 9.54. The van der Waals surface area contributed by atoms with E-state index in [1.165, 1.54) is 16.2 Å². The maximum absolute atomic E-state index is 13.2. The average Bonchev–Trinajstić information content (AvgIpc) is 2.96. The number of carbonyl (C=O) groups excluding carboxylic acids is 1. The van der Waals surface area contributed by atoms with Gasteiger partial charge in [0.15, 0.2) is 0 Å². The van der Waals surface area contributed by atoms with Gasteiger partial charge in [0.1, 0.15) is 15.8 Å². The van der Waals surface area contributed by atoms with Crippen LogP contribution in [-0.4, -0.2) is 37.6 Å². The first-order valence-corrected chi connectivity index (χ1v) is 11.2. The molecular weight excluding hydrogens is 404 g/mol. The van der Waals surface area contributed by atoms with Gasteiger partial charge >= 0.3 is 0 Å². The normalized spacial score (nSPS) is 15.7. The summed E-state index contributed by atoms with van der Waals surface area (Å²) in [6, 6.07) is 3.75. The standard InChI is InChI=1S/C21H26N4O2S2/c1-4-6-7-10-22-17-15(13-16-20(27)25(11-5-2)21(28)29-16)19(26)24-12-8-9-14(3)18(24)23-17/h8-9,12-13,22H,4-7,10-11H2,1-3H3. The van der Waals surface area contributed by atoms with Crippen molar-refractivity contribution in [1.82, 2.24) is 14.3 Å². The molecular formula is C21H26N4O2S2. The Kier molecular flexibility index (Phi) is 7.08. The lowest BCUT2D eigenvalue weighted by molar-refractivity contribution is -0.122. The Bertz CT molecular complexity index is 1030. The number of hydrogen-bond donors (Lipinski definition) is 1. The van der Waals surface area contributed by atoms with Gasteiger partial charge in [-0.1, -0.05) is 56.7 Å². The van der Waals surface area contributed by atoms with Crippen LogP contribution in [0.1, 0.15) is 50.7 Å². The summed E-state index contributed by atoms with van der Waals surface area (Å²) in [7, 11) is 0. The highest BCUT2D eigenvalue weighted by Gasteiger charge is 2.32. The van der Waals surface area contributed by atoms with Crippen molar-refractivity contribution in [2.45, 2.75) is 46.5 Å². The summed E-state index contributed by atoms with van der Waals surface area (Å²) in [4.78, 5) is 32.8. The maximum Gasteiger partial charge on any atom is 0.267 e. The average molecular weight is 431 g/mol. The zero-order valence-electron chi connectivity index (χ0n) is 17.0. The summed E-state index contributed by atoms with van der Waals surface area (Å²) in [6.45, 7) is 7.38. The highest BCUT2D eigenvalue weighted by atomic mass is 32.2. The minimum Gasteiger partial charge on any atom is -0.369 e. The Hall–Kier alpha value is -2.19. The van der Waals surface area contributed by atoms with E-state index in [0.29, 0.717) is 32.8 Å². The summed E-state index contributed by atoms with van der Waals surface area (Å²) >= 11 is 6.59. The number of amides is 1. The molecule has 0 aromatic carbocycles. The topological polar surface area (TPSA) is 66.7 Å². The SMILES string of the molecule is CCCCCNc1nc2c(C)cccn2c(=O)c1C=C1SC(=S)N(CCC)C1=O. The fourth-order valence-electron chi connectivity index (χ4n) is 3.21. The highest BCUT2D eigenvalue weighted by molar-refractivity contribution is 8.26. The van der Waals surface area contributed by atoms with Gasteiger partial charge in [0, 0.05) is 19.3 Å². The van der Waals surface area contributed by atoms with Crippen LogP contribution in [0.15, 0.2) is 28.0 Å². The third-order valence-corrected chi connectivity index (χ3v) is 6.13. The second-order valence-corrected chi connectivity index (χ2v) is 8.71. The van der Waals surface area contributed by atoms with Crippen LogP contribution < -0.4 is 10.9 Å². The van der Waals surface area contributed by atoms with Gasteiger partial charge in [-0.25, -0.2) is 4.98 Å². The van der Waals surface area contributed by atoms with Gasteiger partial charge in [0.05, 0.1) is 10.5 Å². The molecule has 0 atom stereocenters. The molecule has 2 aromatic heterocycles. The molecule has 1 aliphatic rings. The molecule has 3 heterocycles. The number of thiocarbonyl (C=S) groups is 1. The zero-order valence-corrected chi connectivity index (χ0v) is 18.7. The van der Waals surface area contributed by atoms with Crippen LogP contribution in [0.2, 0.25) is 0 Å². The number of aryl methyl sites for hydroxylation is 1. The number of anilines is 1. The summed E-state index contributed by atoms with van der Waals surface area (Å²) < 4.78 is 2.07. The Labute approximate surface area is 180 Å². The zero-order chi connectivity index (χ0) is 21.0. The van der Waals surface area contributed by atoms with Gasteiger partial charge in [0.25, 0.3) is 11.5 Å². The van der Waals surface area contributed by atoms with Crippen molar-refractivity contribution in [1.29, 1.82) is 0 Å². The molecule has 1 saturated heterocycles. The fourth-order valence-corrected chi connectivity index (χ4v) is 4.50. The monoisotopic (exact) mass is 430 g/mol. The van der Waals surface area contributed by atoms with Gasteiger partial charge in [-0.05, 0) is 37.5 Å². The van der Waals surface area contributed by atoms with Crippen molar-refractivity contribution in [2.75, 3.05) is 18.4 Å². The number of fused-ring (bicyclic) bond motifs is 1. The second-order valence-electron chi connectivity index (χ2n) is 7.03. The number of hydrogen-bond acceptors (Lipinski definition) is 6. The fraction of sp³-hybridized carbons (Fsp3) is 0.429. The lowest BCUT2D eigenvalue weighted by Crippen LogP contribution is -2.28. The summed E-state index contributed by atoms with van der Waals surface area (Å²) in [5, 5.41) is 3.31. The third-order valence-electron chi connectivity index (χ3n) is 4.75. The smallest absolute Gasteiger partial charge is 0.267 e. The van der Waals surface area contributed by atoms with Crippen LogP contribution in [0.5, 0.6) is 0 Å². The molecule has 6 nitrogen and oxygen atoms in total. The molecule has 8 heteroatoms. The number of rotatable bonds is 8. The molecule has 0 unspecified atom stereocenters. The lowest BCUT2D eigenvalue weighted by atomic mass is 10.2. The summed E-state index contributed by atoms with van der Waals surface area (Å²) in [6.07, 6.45) is 7.37. The number of thioether (sulfide) groups is 1. The van der Waals surface area contributed by atoms with Crippen LogP contribution in [0.25, 0.3) is 11.7 Å². The molecule has 1 aliphatic heterocycles. The van der Waals surface area contributed by atoms with E-state index in [0.717, 1.165) is 37.8 Å². The molecule has 0 spiro atoms. The van der Waals surface area contributed by atoms with Crippen molar-refractivity contribution < 1.29 is 4.79 Å².